The molecule has 2 fully saturated rings. The number of likely N-dealkylation sites (tertiary alicyclic amines) is 1. The van der Waals surface area contributed by atoms with E-state index in [0.29, 0.717) is 12.0 Å². The third kappa shape index (κ3) is 4.30. The van der Waals surface area contributed by atoms with Gasteiger partial charge in [0.05, 0.1) is 11.6 Å². The van der Waals surface area contributed by atoms with Crippen LogP contribution < -0.4 is 5.32 Å². The minimum Gasteiger partial charge on any atom is -0.445 e. The monoisotopic (exact) mass is 394 g/mol. The summed E-state index contributed by atoms with van der Waals surface area (Å²) >= 11 is 4.36. The van der Waals surface area contributed by atoms with Gasteiger partial charge in [-0.1, -0.05) is 0 Å². The van der Waals surface area contributed by atoms with E-state index in [1.165, 1.54) is 34.1 Å². The number of nitrogens with zero attached hydrogens (tertiary/aromatic N) is 3. The van der Waals surface area contributed by atoms with E-state index >= 15 is 0 Å². The number of carbonyl (C=O) groups is 3. The number of hydrogen-bond acceptors (Lipinski definition) is 7. The van der Waals surface area contributed by atoms with Crippen molar-refractivity contribution in [2.45, 2.75) is 24.3 Å². The number of nitrogens with one attached hydrogen (secondary N) is 1. The zero-order chi connectivity index (χ0) is 19.6. The molecule has 0 radical (unpaired) electrons. The highest BCUT2D eigenvalue weighted by Crippen LogP contribution is 2.25. The predicted molar refractivity (Wildman–Crippen MR) is 95.9 cm³/mol. The van der Waals surface area contributed by atoms with E-state index in [1.54, 1.807) is 0 Å². The Bertz CT molecular complexity index is 771. The number of carbonyl (C=O) groups excluding carboxylic acids is 3. The topological polar surface area (TPSA) is 122 Å². The summed E-state index contributed by atoms with van der Waals surface area (Å²) in [5.41, 5.74) is 0.537. The van der Waals surface area contributed by atoms with Gasteiger partial charge in [-0.25, -0.2) is 4.79 Å². The number of nitro groups is 1. The molecule has 11 heteroatoms. The van der Waals surface area contributed by atoms with Crippen molar-refractivity contribution >= 4 is 36.2 Å². The molecule has 1 aromatic rings. The Morgan fingerprint density at radius 1 is 1.33 bits per heavy atom. The van der Waals surface area contributed by atoms with E-state index in [0.717, 1.165) is 0 Å². The van der Waals surface area contributed by atoms with Gasteiger partial charge in [0.1, 0.15) is 19.2 Å². The molecule has 3 rings (SSSR count). The standard InChI is InChI=1S/C16H18N4O6S/c21-14-7-18(9-17-14)15(22)13-5-12(27)6-19(13)16(23)26-8-10-1-3-11(4-2-10)20(24)25/h1-4,12-13,27H,5-9H2,(H,17,21)/t12-,13-/m0/s1. The lowest BCUT2D eigenvalue weighted by Crippen LogP contribution is -2.47. The minimum atomic E-state index is -0.732. The highest BCUT2D eigenvalue weighted by molar-refractivity contribution is 7.81. The smallest absolute Gasteiger partial charge is 0.410 e. The number of hydrogen-bond donors (Lipinski definition) is 2. The fourth-order valence-electron chi connectivity index (χ4n) is 3.03. The molecule has 0 saturated carbocycles. The summed E-state index contributed by atoms with van der Waals surface area (Å²) in [6, 6.07) is 4.92. The molecule has 2 heterocycles. The molecule has 0 aliphatic carbocycles. The van der Waals surface area contributed by atoms with E-state index in [2.05, 4.69) is 17.9 Å². The SMILES string of the molecule is O=C1CN(C(=O)[C@@H]2C[C@H](S)CN2C(=O)OCc2ccc([N+](=O)[O-])cc2)CN1. The molecule has 0 spiro atoms. The molecule has 0 aromatic heterocycles. The molecule has 1 N–H and O–H groups in total. The van der Waals surface area contributed by atoms with Gasteiger partial charge in [-0.15, -0.1) is 0 Å². The summed E-state index contributed by atoms with van der Waals surface area (Å²) in [5.74, 6) is -0.562. The van der Waals surface area contributed by atoms with Crippen LogP contribution >= 0.6 is 12.6 Å². The largest absolute Gasteiger partial charge is 0.445 e. The van der Waals surface area contributed by atoms with Crippen molar-refractivity contribution in [2.24, 2.45) is 0 Å². The Hall–Kier alpha value is -2.82. The third-order valence-corrected chi connectivity index (χ3v) is 4.80. The van der Waals surface area contributed by atoms with Crippen LogP contribution in [0.15, 0.2) is 24.3 Å². The van der Waals surface area contributed by atoms with Crippen LogP contribution in [0.1, 0.15) is 12.0 Å². The van der Waals surface area contributed by atoms with Crippen LogP contribution in [0, 0.1) is 10.1 Å². The molecule has 10 nitrogen and oxygen atoms in total. The van der Waals surface area contributed by atoms with Gasteiger partial charge >= 0.3 is 6.09 Å². The molecule has 3 amide bonds. The van der Waals surface area contributed by atoms with Crippen molar-refractivity contribution in [3.63, 3.8) is 0 Å². The van der Waals surface area contributed by atoms with E-state index < -0.39 is 17.1 Å². The molecule has 0 unspecified atom stereocenters. The summed E-state index contributed by atoms with van der Waals surface area (Å²) in [6.45, 7) is 0.276. The molecule has 2 aliphatic heterocycles. The second-order valence-electron chi connectivity index (χ2n) is 6.33. The van der Waals surface area contributed by atoms with E-state index in [9.17, 15) is 24.5 Å². The Morgan fingerprint density at radius 3 is 2.63 bits per heavy atom. The van der Waals surface area contributed by atoms with Crippen LogP contribution in [0.3, 0.4) is 0 Å². The lowest BCUT2D eigenvalue weighted by molar-refractivity contribution is -0.384. The van der Waals surface area contributed by atoms with Crippen LogP contribution in [0.25, 0.3) is 0 Å². The number of ether oxygens (including phenoxy) is 1. The highest BCUT2D eigenvalue weighted by atomic mass is 32.1. The maximum atomic E-state index is 12.6. The van der Waals surface area contributed by atoms with Gasteiger partial charge in [0.2, 0.25) is 11.8 Å². The number of rotatable bonds is 4. The van der Waals surface area contributed by atoms with E-state index in [-0.39, 0.29) is 49.1 Å². The van der Waals surface area contributed by atoms with Crippen LogP contribution in [0.2, 0.25) is 0 Å². The highest BCUT2D eigenvalue weighted by Gasteiger charge is 2.42. The Kier molecular flexibility index (Phi) is 5.49. The third-order valence-electron chi connectivity index (χ3n) is 4.42. The van der Waals surface area contributed by atoms with Crippen LogP contribution in [-0.2, 0) is 20.9 Å². The second-order valence-corrected chi connectivity index (χ2v) is 7.06. The number of benzene rings is 1. The van der Waals surface area contributed by atoms with Gasteiger partial charge in [-0.05, 0) is 24.1 Å². The van der Waals surface area contributed by atoms with Gasteiger partial charge in [-0.3, -0.25) is 24.6 Å². The molecule has 27 heavy (non-hydrogen) atoms. The maximum absolute atomic E-state index is 12.6. The first-order valence-corrected chi connectivity index (χ1v) is 8.77. The first-order chi connectivity index (χ1) is 12.8. The second kappa shape index (κ2) is 7.82. The summed E-state index contributed by atoms with van der Waals surface area (Å²) in [4.78, 5) is 49.2. The summed E-state index contributed by atoms with van der Waals surface area (Å²) in [6.07, 6.45) is -0.291. The molecular formula is C16H18N4O6S. The van der Waals surface area contributed by atoms with Crippen molar-refractivity contribution in [3.05, 3.63) is 39.9 Å². The van der Waals surface area contributed by atoms with Crippen LogP contribution in [-0.4, -0.2) is 63.7 Å². The lowest BCUT2D eigenvalue weighted by Gasteiger charge is -2.26. The number of non-ortho nitro benzene ring substituents is 1. The quantitative estimate of drug-likeness (QED) is 0.436. The predicted octanol–water partition coefficient (Wildman–Crippen LogP) is 0.520. The number of nitro benzene ring substituents is 1. The molecule has 1 aromatic carbocycles. The fraction of sp³-hybridized carbons (Fsp3) is 0.438. The van der Waals surface area contributed by atoms with Crippen molar-refractivity contribution in [2.75, 3.05) is 19.8 Å². The minimum absolute atomic E-state index is 0.0295. The molecule has 0 bridgehead atoms. The zero-order valence-electron chi connectivity index (χ0n) is 14.2. The van der Waals surface area contributed by atoms with Crippen molar-refractivity contribution < 1.29 is 24.0 Å². The van der Waals surface area contributed by atoms with E-state index in [1.807, 2.05) is 0 Å². The number of amides is 3. The van der Waals surface area contributed by atoms with Gasteiger partial charge < -0.3 is 15.0 Å². The van der Waals surface area contributed by atoms with Gasteiger partial charge in [0.15, 0.2) is 0 Å². The van der Waals surface area contributed by atoms with Gasteiger partial charge in [-0.2, -0.15) is 12.6 Å². The zero-order valence-corrected chi connectivity index (χ0v) is 15.1. The first kappa shape index (κ1) is 19.0. The van der Waals surface area contributed by atoms with Crippen LogP contribution in [0.4, 0.5) is 10.5 Å². The van der Waals surface area contributed by atoms with Crippen molar-refractivity contribution in [3.8, 4) is 0 Å². The summed E-state index contributed by atoms with van der Waals surface area (Å²) < 4.78 is 5.25. The lowest BCUT2D eigenvalue weighted by atomic mass is 10.2. The normalized spacial score (nSPS) is 21.9. The summed E-state index contributed by atoms with van der Waals surface area (Å²) in [7, 11) is 0. The van der Waals surface area contributed by atoms with Crippen LogP contribution in [0.5, 0.6) is 0 Å². The van der Waals surface area contributed by atoms with Gasteiger partial charge in [0.25, 0.3) is 5.69 Å². The van der Waals surface area contributed by atoms with Crippen molar-refractivity contribution in [1.29, 1.82) is 0 Å². The summed E-state index contributed by atoms with van der Waals surface area (Å²) in [5, 5.41) is 13.0. The fourth-order valence-corrected chi connectivity index (χ4v) is 3.40. The Morgan fingerprint density at radius 2 is 2.04 bits per heavy atom. The first-order valence-electron chi connectivity index (χ1n) is 8.25. The molecule has 144 valence electrons. The van der Waals surface area contributed by atoms with Crippen molar-refractivity contribution in [1.82, 2.24) is 15.1 Å². The average Bonchev–Trinajstić information content (AvgIpc) is 3.25. The molecular weight excluding hydrogens is 376 g/mol. The Labute approximate surface area is 160 Å². The van der Waals surface area contributed by atoms with Gasteiger partial charge in [0, 0.05) is 23.9 Å². The number of thiol groups is 1. The van der Waals surface area contributed by atoms with E-state index in [4.69, 9.17) is 4.74 Å². The molecule has 2 aliphatic rings. The Balaban J connectivity index is 1.61. The average molecular weight is 394 g/mol. The molecule has 2 saturated heterocycles. The maximum Gasteiger partial charge on any atom is 0.410 e. The molecule has 2 atom stereocenters.